The normalized spacial score (nSPS) is 14.7. The van der Waals surface area contributed by atoms with E-state index in [1.54, 1.807) is 13.2 Å². The van der Waals surface area contributed by atoms with Crippen molar-refractivity contribution < 1.29 is 38.0 Å². The number of pyridine rings is 2. The molecule has 72 heavy (non-hydrogen) atoms. The lowest BCUT2D eigenvalue weighted by atomic mass is 9.96. The molecule has 11 rings (SSSR count). The molecule has 7 aromatic rings. The van der Waals surface area contributed by atoms with E-state index in [2.05, 4.69) is 38.3 Å². The van der Waals surface area contributed by atoms with Crippen LogP contribution >= 0.6 is 0 Å². The summed E-state index contributed by atoms with van der Waals surface area (Å²) in [6, 6.07) is 39.1. The number of carbonyl (C=O) groups excluding carboxylic acids is 1. The molecule has 15 heteroatoms. The second-order valence-electron chi connectivity index (χ2n) is 19.0. The zero-order valence-corrected chi connectivity index (χ0v) is 40.9. The summed E-state index contributed by atoms with van der Waals surface area (Å²) in [7, 11) is 1.65. The molecule has 0 radical (unpaired) electrons. The van der Waals surface area contributed by atoms with Crippen LogP contribution in [0.25, 0.3) is 22.5 Å². The second kappa shape index (κ2) is 20.8. The smallest absolute Gasteiger partial charge is 0.412 e. The summed E-state index contributed by atoms with van der Waals surface area (Å²) in [6.45, 7) is 11.7. The topological polar surface area (TPSA) is 172 Å². The fraction of sp³-hybridized carbons (Fsp3) is 0.281. The Morgan fingerprint density at radius 3 is 1.97 bits per heavy atom. The zero-order chi connectivity index (χ0) is 49.8. The molecule has 15 nitrogen and oxygen atoms in total. The fourth-order valence-electron chi connectivity index (χ4n) is 9.10. The monoisotopic (exact) mass is 970 g/mol. The number of nitrogens with one attached hydrogen (secondary N) is 2. The Balaban J connectivity index is 0.000000182. The number of aromatic nitrogens is 2. The Labute approximate surface area is 418 Å². The number of hydrogen-bond donors (Lipinski definition) is 3. The van der Waals surface area contributed by atoms with E-state index < -0.39 is 11.7 Å². The number of amides is 1. The number of morpholine rings is 2. The van der Waals surface area contributed by atoms with Crippen molar-refractivity contribution in [2.24, 2.45) is 0 Å². The maximum Gasteiger partial charge on any atom is 0.412 e. The first-order valence-electron chi connectivity index (χ1n) is 24.2. The Bertz CT molecular complexity index is 3160. The van der Waals surface area contributed by atoms with Crippen LogP contribution in [0.2, 0.25) is 0 Å². The summed E-state index contributed by atoms with van der Waals surface area (Å²) in [5.41, 5.74) is 16.9. The summed E-state index contributed by atoms with van der Waals surface area (Å²) in [4.78, 5) is 37.1. The lowest BCUT2D eigenvalue weighted by Crippen LogP contribution is -2.36. The molecule has 5 aromatic carbocycles. The number of nitrogen functional groups attached to an aromatic ring is 1. The number of benzene rings is 5. The number of aromatic amines is 1. The molecule has 4 aliphatic heterocycles. The lowest BCUT2D eigenvalue weighted by molar-refractivity contribution is 0.0636. The van der Waals surface area contributed by atoms with Gasteiger partial charge in [-0.15, -0.1) is 0 Å². The van der Waals surface area contributed by atoms with Gasteiger partial charge in [0.1, 0.15) is 41.0 Å². The summed E-state index contributed by atoms with van der Waals surface area (Å²) in [5.74, 6) is 4.28. The van der Waals surface area contributed by atoms with Crippen LogP contribution in [0, 0.1) is 0 Å². The van der Waals surface area contributed by atoms with Crippen LogP contribution in [0.15, 0.2) is 126 Å². The Hall–Kier alpha value is -8.01. The number of para-hydroxylation sites is 2. The van der Waals surface area contributed by atoms with E-state index in [1.807, 2.05) is 118 Å². The van der Waals surface area contributed by atoms with Crippen molar-refractivity contribution in [2.75, 3.05) is 80.6 Å². The standard InChI is InChI=1S/C35H37N3O6.C22H21N3O3/c1-35(2,3)44-34(39)36-26-11-10-24-18-25-6-5-7-29(33(25)43-31(24)19-26)30-20-27(38-14-16-41-17-15-38)21-32(37-30)42-22-23-8-12-28(40-4)13-9-23;23-16-5-4-14-10-15-2-1-3-18(22(15)28-20(14)11-16)19-12-17(13-21(26)24-19)25-6-8-27-9-7-25/h5-13,19-21H,14-18,22H2,1-4H3,(H,36,39);1-5,11-13H,6-10,23H2,(H,24,26). The first-order chi connectivity index (χ1) is 34.9. The van der Waals surface area contributed by atoms with Crippen molar-refractivity contribution in [3.63, 3.8) is 0 Å². The van der Waals surface area contributed by atoms with Gasteiger partial charge in [-0.2, -0.15) is 0 Å². The molecule has 0 spiro atoms. The maximum absolute atomic E-state index is 12.4. The molecule has 1 amide bonds. The fourth-order valence-corrected chi connectivity index (χ4v) is 9.10. The third-order valence-corrected chi connectivity index (χ3v) is 12.7. The molecular weight excluding hydrogens is 913 g/mol. The molecule has 4 N–H and O–H groups in total. The Morgan fingerprint density at radius 2 is 1.32 bits per heavy atom. The average molecular weight is 971 g/mol. The SMILES string of the molecule is COc1ccc(COc2cc(N3CCOCC3)cc(-c3cccc4c3Oc3cc(NC(=O)OC(C)(C)C)ccc3C4)n2)cc1.Nc1ccc2c(c1)Oc1c(cccc1-c1cc(N3CCOCC3)cc(=O)[nH]1)C2. The second-order valence-corrected chi connectivity index (χ2v) is 19.0. The molecule has 0 atom stereocenters. The van der Waals surface area contributed by atoms with Gasteiger partial charge in [0.15, 0.2) is 0 Å². The van der Waals surface area contributed by atoms with E-state index in [-0.39, 0.29) is 5.56 Å². The maximum atomic E-state index is 12.4. The van der Waals surface area contributed by atoms with Gasteiger partial charge in [-0.25, -0.2) is 9.78 Å². The molecule has 370 valence electrons. The van der Waals surface area contributed by atoms with Gasteiger partial charge in [0.25, 0.3) is 0 Å². The number of fused-ring (bicyclic) bond motifs is 4. The number of rotatable bonds is 9. The van der Waals surface area contributed by atoms with Crippen molar-refractivity contribution in [1.29, 1.82) is 0 Å². The molecule has 0 bridgehead atoms. The minimum absolute atomic E-state index is 0.128. The van der Waals surface area contributed by atoms with E-state index >= 15 is 0 Å². The van der Waals surface area contributed by atoms with Crippen molar-refractivity contribution in [3.05, 3.63) is 159 Å². The predicted molar refractivity (Wildman–Crippen MR) is 278 cm³/mol. The van der Waals surface area contributed by atoms with Crippen molar-refractivity contribution >= 4 is 28.8 Å². The van der Waals surface area contributed by atoms with Crippen LogP contribution in [0.4, 0.5) is 27.5 Å². The highest BCUT2D eigenvalue weighted by Gasteiger charge is 2.26. The average Bonchev–Trinajstić information content (AvgIpc) is 3.38. The number of anilines is 4. The van der Waals surface area contributed by atoms with Crippen LogP contribution < -0.4 is 45.4 Å². The lowest BCUT2D eigenvalue weighted by Gasteiger charge is -2.29. The molecule has 0 unspecified atom stereocenters. The van der Waals surface area contributed by atoms with Crippen molar-refractivity contribution in [2.45, 2.75) is 45.8 Å². The highest BCUT2D eigenvalue weighted by atomic mass is 16.6. The number of nitrogens with two attached hydrogens (primary N) is 1. The highest BCUT2D eigenvalue weighted by Crippen LogP contribution is 2.45. The summed E-state index contributed by atoms with van der Waals surface area (Å²) < 4.78 is 40.8. The van der Waals surface area contributed by atoms with Gasteiger partial charge in [0, 0.05) is 97.2 Å². The molecule has 6 heterocycles. The van der Waals surface area contributed by atoms with E-state index in [0.29, 0.717) is 62.5 Å². The molecule has 2 fully saturated rings. The molecule has 0 saturated carbocycles. The summed E-state index contributed by atoms with van der Waals surface area (Å²) in [6.07, 6.45) is 0.946. The first-order valence-corrected chi connectivity index (χ1v) is 24.2. The third-order valence-electron chi connectivity index (χ3n) is 12.7. The number of hydrogen-bond acceptors (Lipinski definition) is 13. The van der Waals surface area contributed by atoms with Gasteiger partial charge in [-0.1, -0.05) is 48.5 Å². The van der Waals surface area contributed by atoms with Crippen molar-refractivity contribution in [1.82, 2.24) is 9.97 Å². The summed E-state index contributed by atoms with van der Waals surface area (Å²) in [5, 5.41) is 2.81. The van der Waals surface area contributed by atoms with Gasteiger partial charge < -0.3 is 53.7 Å². The van der Waals surface area contributed by atoms with Crippen LogP contribution in [0.5, 0.6) is 34.6 Å². The van der Waals surface area contributed by atoms with E-state index in [1.165, 1.54) is 0 Å². The van der Waals surface area contributed by atoms with Gasteiger partial charge in [-0.3, -0.25) is 10.1 Å². The zero-order valence-electron chi connectivity index (χ0n) is 40.9. The number of H-pyrrole nitrogens is 1. The molecule has 4 aliphatic rings. The Morgan fingerprint density at radius 1 is 0.708 bits per heavy atom. The van der Waals surface area contributed by atoms with Gasteiger partial charge in [0.05, 0.1) is 44.9 Å². The van der Waals surface area contributed by atoms with Crippen LogP contribution in [-0.2, 0) is 33.7 Å². The Kier molecular flexibility index (Phi) is 13.7. The third kappa shape index (κ3) is 11.1. The van der Waals surface area contributed by atoms with E-state index in [4.69, 9.17) is 43.9 Å². The predicted octanol–water partition coefficient (Wildman–Crippen LogP) is 10.4. The van der Waals surface area contributed by atoms with Crippen LogP contribution in [0.3, 0.4) is 0 Å². The number of methoxy groups -OCH3 is 1. The quantitative estimate of drug-likeness (QED) is 0.117. The van der Waals surface area contributed by atoms with Crippen LogP contribution in [-0.4, -0.2) is 81.4 Å². The van der Waals surface area contributed by atoms with Gasteiger partial charge in [0.2, 0.25) is 11.4 Å². The van der Waals surface area contributed by atoms with Crippen molar-refractivity contribution in [3.8, 4) is 57.1 Å². The van der Waals surface area contributed by atoms with Crippen LogP contribution in [0.1, 0.15) is 48.6 Å². The largest absolute Gasteiger partial charge is 0.497 e. The first kappa shape index (κ1) is 47.7. The van der Waals surface area contributed by atoms with E-state index in [0.717, 1.165) is 117 Å². The summed E-state index contributed by atoms with van der Waals surface area (Å²) >= 11 is 0. The molecule has 2 saturated heterocycles. The molecule has 0 aliphatic carbocycles. The number of carbonyl (C=O) groups is 1. The highest BCUT2D eigenvalue weighted by molar-refractivity contribution is 5.85. The van der Waals surface area contributed by atoms with Gasteiger partial charge in [-0.05, 0) is 97.1 Å². The minimum Gasteiger partial charge on any atom is -0.497 e. The van der Waals surface area contributed by atoms with Gasteiger partial charge >= 0.3 is 6.09 Å². The molecular formula is C57H58N6O9. The number of nitrogens with zero attached hydrogens (tertiary/aromatic N) is 3. The number of ether oxygens (including phenoxy) is 7. The molecule has 2 aromatic heterocycles. The van der Waals surface area contributed by atoms with E-state index in [9.17, 15) is 9.59 Å². The minimum atomic E-state index is -0.595.